The van der Waals surface area contributed by atoms with Crippen LogP contribution in [0.15, 0.2) is 72.8 Å². The average molecular weight is 306 g/mol. The summed E-state index contributed by atoms with van der Waals surface area (Å²) in [5, 5.41) is 0. The monoisotopic (exact) mass is 306 g/mol. The van der Waals surface area contributed by atoms with Crippen LogP contribution in [0.5, 0.6) is 5.75 Å². The number of aryl methyl sites for hydroxylation is 1. The van der Waals surface area contributed by atoms with Crippen molar-refractivity contribution in [3.8, 4) is 16.9 Å². The third-order valence-corrected chi connectivity index (χ3v) is 3.54. The Morgan fingerprint density at radius 3 is 2.00 bits per heavy atom. The molecule has 0 radical (unpaired) electrons. The Hall–Kier alpha value is -2.94. The number of hydrogen-bond donors (Lipinski definition) is 0. The summed E-state index contributed by atoms with van der Waals surface area (Å²) in [5.74, 6) is -0.908. The summed E-state index contributed by atoms with van der Waals surface area (Å²) in [6.45, 7) is 2.04. The molecular formula is C20H15FO2. The van der Waals surface area contributed by atoms with Crippen LogP contribution in [-0.4, -0.2) is 5.97 Å². The molecule has 23 heavy (non-hydrogen) atoms. The van der Waals surface area contributed by atoms with E-state index in [0.29, 0.717) is 5.75 Å². The number of carbonyl (C=O) groups excluding carboxylic acids is 1. The van der Waals surface area contributed by atoms with Gasteiger partial charge in [-0.25, -0.2) is 9.18 Å². The molecule has 3 rings (SSSR count). The van der Waals surface area contributed by atoms with Crippen molar-refractivity contribution in [3.05, 3.63) is 89.7 Å². The number of benzene rings is 3. The fourth-order valence-electron chi connectivity index (χ4n) is 2.25. The second-order valence-corrected chi connectivity index (χ2v) is 5.26. The largest absolute Gasteiger partial charge is 0.423 e. The lowest BCUT2D eigenvalue weighted by Gasteiger charge is -2.07. The summed E-state index contributed by atoms with van der Waals surface area (Å²) in [4.78, 5) is 12.0. The first-order valence-corrected chi connectivity index (χ1v) is 7.27. The molecule has 0 heterocycles. The number of ether oxygens (including phenoxy) is 1. The van der Waals surface area contributed by atoms with E-state index in [1.165, 1.54) is 23.8 Å². The second kappa shape index (κ2) is 6.44. The zero-order valence-corrected chi connectivity index (χ0v) is 12.6. The Kier molecular flexibility index (Phi) is 4.20. The Bertz CT molecular complexity index is 821. The lowest BCUT2D eigenvalue weighted by Crippen LogP contribution is -2.10. The van der Waals surface area contributed by atoms with Crippen LogP contribution in [0, 0.1) is 12.7 Å². The van der Waals surface area contributed by atoms with Crippen LogP contribution in [0.25, 0.3) is 11.1 Å². The van der Waals surface area contributed by atoms with Crippen LogP contribution in [0.3, 0.4) is 0 Å². The third-order valence-electron chi connectivity index (χ3n) is 3.54. The Labute approximate surface area is 134 Å². The van der Waals surface area contributed by atoms with Gasteiger partial charge in [0.05, 0.1) is 5.56 Å². The first kappa shape index (κ1) is 15.0. The van der Waals surface area contributed by atoms with Gasteiger partial charge in [0.15, 0.2) is 0 Å². The van der Waals surface area contributed by atoms with Gasteiger partial charge in [0.2, 0.25) is 0 Å². The van der Waals surface area contributed by atoms with E-state index in [0.717, 1.165) is 11.1 Å². The van der Waals surface area contributed by atoms with Crippen molar-refractivity contribution in [2.24, 2.45) is 0 Å². The van der Waals surface area contributed by atoms with Gasteiger partial charge in [0.1, 0.15) is 11.6 Å². The van der Waals surface area contributed by atoms with Crippen LogP contribution in [-0.2, 0) is 0 Å². The van der Waals surface area contributed by atoms with E-state index in [1.54, 1.807) is 18.2 Å². The molecule has 2 nitrogen and oxygen atoms in total. The summed E-state index contributed by atoms with van der Waals surface area (Å²) >= 11 is 0. The van der Waals surface area contributed by atoms with E-state index < -0.39 is 11.8 Å². The van der Waals surface area contributed by atoms with Gasteiger partial charge in [-0.1, -0.05) is 54.1 Å². The molecule has 0 aliphatic carbocycles. The van der Waals surface area contributed by atoms with Crippen molar-refractivity contribution in [2.75, 3.05) is 0 Å². The van der Waals surface area contributed by atoms with E-state index in [2.05, 4.69) is 0 Å². The van der Waals surface area contributed by atoms with Crippen molar-refractivity contribution in [1.29, 1.82) is 0 Å². The Morgan fingerprint density at radius 1 is 0.826 bits per heavy atom. The molecule has 0 N–H and O–H groups in total. The minimum Gasteiger partial charge on any atom is -0.423 e. The quantitative estimate of drug-likeness (QED) is 0.501. The normalized spacial score (nSPS) is 10.3. The van der Waals surface area contributed by atoms with Gasteiger partial charge in [-0.3, -0.25) is 0 Å². The van der Waals surface area contributed by atoms with Crippen molar-refractivity contribution in [3.63, 3.8) is 0 Å². The molecule has 0 saturated heterocycles. The van der Waals surface area contributed by atoms with Gasteiger partial charge < -0.3 is 4.74 Å². The van der Waals surface area contributed by atoms with Crippen LogP contribution in [0.2, 0.25) is 0 Å². The topological polar surface area (TPSA) is 26.3 Å². The van der Waals surface area contributed by atoms with E-state index in [9.17, 15) is 9.18 Å². The molecule has 0 saturated carbocycles. The third kappa shape index (κ3) is 3.46. The van der Waals surface area contributed by atoms with Crippen LogP contribution in [0.4, 0.5) is 4.39 Å². The maximum Gasteiger partial charge on any atom is 0.346 e. The molecule has 0 fully saturated rings. The SMILES string of the molecule is Cc1ccc(-c2ccc(OC(=O)c3ccccc3F)cc2)cc1. The predicted octanol–water partition coefficient (Wildman–Crippen LogP) is 5.02. The van der Waals surface area contributed by atoms with Gasteiger partial charge in [-0.15, -0.1) is 0 Å². The zero-order chi connectivity index (χ0) is 16.2. The molecule has 0 aliphatic rings. The smallest absolute Gasteiger partial charge is 0.346 e. The highest BCUT2D eigenvalue weighted by Gasteiger charge is 2.13. The van der Waals surface area contributed by atoms with Gasteiger partial charge in [0, 0.05) is 0 Å². The minimum atomic E-state index is -0.703. The first-order chi connectivity index (χ1) is 11.1. The second-order valence-electron chi connectivity index (χ2n) is 5.26. The predicted molar refractivity (Wildman–Crippen MR) is 88.0 cm³/mol. The van der Waals surface area contributed by atoms with Crippen molar-refractivity contribution in [2.45, 2.75) is 6.92 Å². The van der Waals surface area contributed by atoms with Crippen LogP contribution < -0.4 is 4.74 Å². The van der Waals surface area contributed by atoms with Crippen molar-refractivity contribution in [1.82, 2.24) is 0 Å². The lowest BCUT2D eigenvalue weighted by atomic mass is 10.0. The maximum atomic E-state index is 13.6. The molecule has 0 aromatic heterocycles. The van der Waals surface area contributed by atoms with Gasteiger partial charge in [-0.05, 0) is 42.3 Å². The summed E-state index contributed by atoms with van der Waals surface area (Å²) in [5.41, 5.74) is 3.23. The zero-order valence-electron chi connectivity index (χ0n) is 12.6. The summed E-state index contributed by atoms with van der Waals surface area (Å²) in [7, 11) is 0. The number of rotatable bonds is 3. The number of carbonyl (C=O) groups is 1. The molecule has 3 aromatic rings. The van der Waals surface area contributed by atoms with E-state index >= 15 is 0 Å². The van der Waals surface area contributed by atoms with Crippen LogP contribution in [0.1, 0.15) is 15.9 Å². The minimum absolute atomic E-state index is 0.0740. The van der Waals surface area contributed by atoms with E-state index in [4.69, 9.17) is 4.74 Å². The molecule has 0 bridgehead atoms. The molecule has 3 aromatic carbocycles. The first-order valence-electron chi connectivity index (χ1n) is 7.27. The Morgan fingerprint density at radius 2 is 1.39 bits per heavy atom. The molecule has 0 atom stereocenters. The lowest BCUT2D eigenvalue weighted by molar-refractivity contribution is 0.0730. The standard InChI is InChI=1S/C20H15FO2/c1-14-6-8-15(9-7-14)16-10-12-17(13-11-16)23-20(22)18-4-2-3-5-19(18)21/h2-13H,1H3. The molecule has 0 unspecified atom stereocenters. The summed E-state index contributed by atoms with van der Waals surface area (Å²) in [6, 6.07) is 21.1. The maximum absolute atomic E-state index is 13.6. The van der Waals surface area contributed by atoms with E-state index in [-0.39, 0.29) is 5.56 Å². The highest BCUT2D eigenvalue weighted by atomic mass is 19.1. The van der Waals surface area contributed by atoms with Crippen molar-refractivity contribution < 1.29 is 13.9 Å². The van der Waals surface area contributed by atoms with E-state index in [1.807, 2.05) is 43.3 Å². The fourth-order valence-corrected chi connectivity index (χ4v) is 2.25. The van der Waals surface area contributed by atoms with Crippen LogP contribution >= 0.6 is 0 Å². The fraction of sp³-hybridized carbons (Fsp3) is 0.0500. The van der Waals surface area contributed by atoms with Crippen molar-refractivity contribution >= 4 is 5.97 Å². The molecular weight excluding hydrogens is 291 g/mol. The highest BCUT2D eigenvalue weighted by molar-refractivity contribution is 5.91. The Balaban J connectivity index is 1.76. The van der Waals surface area contributed by atoms with Gasteiger partial charge in [-0.2, -0.15) is 0 Å². The molecule has 0 spiro atoms. The average Bonchev–Trinajstić information content (AvgIpc) is 2.57. The highest BCUT2D eigenvalue weighted by Crippen LogP contribution is 2.23. The molecule has 0 aliphatic heterocycles. The summed E-state index contributed by atoms with van der Waals surface area (Å²) in [6.07, 6.45) is 0. The number of esters is 1. The molecule has 0 amide bonds. The molecule has 3 heteroatoms. The number of halogens is 1. The summed E-state index contributed by atoms with van der Waals surface area (Å²) < 4.78 is 18.8. The van der Waals surface area contributed by atoms with Gasteiger partial charge in [0.25, 0.3) is 0 Å². The number of hydrogen-bond acceptors (Lipinski definition) is 2. The molecule has 114 valence electrons. The van der Waals surface area contributed by atoms with Gasteiger partial charge >= 0.3 is 5.97 Å².